The van der Waals surface area contributed by atoms with Crippen molar-refractivity contribution in [1.82, 2.24) is 5.32 Å². The Morgan fingerprint density at radius 3 is 2.59 bits per heavy atom. The van der Waals surface area contributed by atoms with Gasteiger partial charge in [0, 0.05) is 4.88 Å². The number of anilines is 1. The summed E-state index contributed by atoms with van der Waals surface area (Å²) in [7, 11) is 1.23. The summed E-state index contributed by atoms with van der Waals surface area (Å²) in [6, 6.07) is 8.76. The van der Waals surface area contributed by atoms with Crippen molar-refractivity contribution in [3.63, 3.8) is 0 Å². The molecule has 1 aromatic carbocycles. The van der Waals surface area contributed by atoms with Crippen molar-refractivity contribution in [3.05, 3.63) is 52.5 Å². The van der Waals surface area contributed by atoms with E-state index in [-0.39, 0.29) is 5.69 Å². The van der Waals surface area contributed by atoms with Crippen LogP contribution >= 0.6 is 11.3 Å². The highest BCUT2D eigenvalue weighted by Crippen LogP contribution is 2.50. The minimum atomic E-state index is -1.39. The number of halogens is 1. The van der Waals surface area contributed by atoms with E-state index in [0.29, 0.717) is 0 Å². The molecule has 0 saturated carbocycles. The summed E-state index contributed by atoms with van der Waals surface area (Å²) in [5, 5.41) is 5.00. The fourth-order valence-electron chi connectivity index (χ4n) is 4.12. The number of hydrogen-bond donors (Lipinski definition) is 1. The molecule has 6 nitrogen and oxygen atoms in total. The molecule has 0 spiro atoms. The SMILES string of the molecule is COC(=O)[C@]1(C)N[C@@H](c2cccs2)[C@H]2C(=O)N(c3ccccc3F)C(=O)[C@@H]21. The number of hydrogen-bond acceptors (Lipinski definition) is 6. The van der Waals surface area contributed by atoms with E-state index in [2.05, 4.69) is 5.32 Å². The van der Waals surface area contributed by atoms with Gasteiger partial charge in [-0.2, -0.15) is 0 Å². The lowest BCUT2D eigenvalue weighted by molar-refractivity contribution is -0.151. The lowest BCUT2D eigenvalue weighted by Crippen LogP contribution is -2.54. The first kappa shape index (κ1) is 17.8. The number of esters is 1. The minimum Gasteiger partial charge on any atom is -0.468 e. The van der Waals surface area contributed by atoms with Gasteiger partial charge in [0.15, 0.2) is 0 Å². The number of ether oxygens (including phenoxy) is 1. The van der Waals surface area contributed by atoms with Gasteiger partial charge in [-0.3, -0.25) is 19.7 Å². The molecule has 0 unspecified atom stereocenters. The highest BCUT2D eigenvalue weighted by Gasteiger charge is 2.67. The predicted molar refractivity (Wildman–Crippen MR) is 96.5 cm³/mol. The number of carbonyl (C=O) groups excluding carboxylic acids is 3. The number of nitrogens with one attached hydrogen (secondary N) is 1. The van der Waals surface area contributed by atoms with E-state index in [0.717, 1.165) is 9.78 Å². The van der Waals surface area contributed by atoms with E-state index in [1.807, 2.05) is 17.5 Å². The van der Waals surface area contributed by atoms with E-state index in [9.17, 15) is 18.8 Å². The number of carbonyl (C=O) groups is 3. The zero-order chi connectivity index (χ0) is 19.3. The summed E-state index contributed by atoms with van der Waals surface area (Å²) < 4.78 is 19.2. The van der Waals surface area contributed by atoms with Crippen molar-refractivity contribution in [1.29, 1.82) is 0 Å². The lowest BCUT2D eigenvalue weighted by Gasteiger charge is -2.28. The molecule has 4 atom stereocenters. The highest BCUT2D eigenvalue weighted by atomic mass is 32.1. The van der Waals surface area contributed by atoms with Crippen LogP contribution in [0.4, 0.5) is 10.1 Å². The quantitative estimate of drug-likeness (QED) is 0.645. The average Bonchev–Trinajstić information content (AvgIpc) is 3.34. The van der Waals surface area contributed by atoms with Gasteiger partial charge < -0.3 is 4.74 Å². The van der Waals surface area contributed by atoms with Gasteiger partial charge in [0.05, 0.1) is 30.7 Å². The molecule has 8 heteroatoms. The standard InChI is InChI=1S/C19H17FN2O4S/c1-19(18(25)26-2)14-13(15(21-19)12-8-5-9-27-12)16(23)22(17(14)24)11-7-4-3-6-10(11)20/h3-9,13-15,21H,1-2H3/t13-,14+,15-,19+/m0/s1. The molecule has 2 aliphatic heterocycles. The summed E-state index contributed by atoms with van der Waals surface area (Å²) in [5.41, 5.74) is -1.49. The Morgan fingerprint density at radius 1 is 1.22 bits per heavy atom. The number of para-hydroxylation sites is 1. The van der Waals surface area contributed by atoms with E-state index in [4.69, 9.17) is 4.74 Å². The Bertz CT molecular complexity index is 932. The monoisotopic (exact) mass is 388 g/mol. The van der Waals surface area contributed by atoms with E-state index < -0.39 is 47.0 Å². The number of nitrogens with zero attached hydrogens (tertiary/aromatic N) is 1. The first-order chi connectivity index (χ1) is 12.9. The maximum absolute atomic E-state index is 14.3. The molecule has 2 saturated heterocycles. The predicted octanol–water partition coefficient (Wildman–Crippen LogP) is 2.27. The molecule has 0 bridgehead atoms. The second-order valence-electron chi connectivity index (χ2n) is 6.80. The molecule has 140 valence electrons. The number of imide groups is 1. The molecule has 0 radical (unpaired) electrons. The Balaban J connectivity index is 1.84. The first-order valence-electron chi connectivity index (χ1n) is 8.42. The van der Waals surface area contributed by atoms with Crippen LogP contribution < -0.4 is 10.2 Å². The molecule has 0 aliphatic carbocycles. The van der Waals surface area contributed by atoms with Crippen molar-refractivity contribution in [3.8, 4) is 0 Å². The number of benzene rings is 1. The molecule has 2 aromatic rings. The maximum Gasteiger partial charge on any atom is 0.326 e. The molecular weight excluding hydrogens is 371 g/mol. The molecular formula is C19H17FN2O4S. The summed E-state index contributed by atoms with van der Waals surface area (Å²) in [6.07, 6.45) is 0. The van der Waals surface area contributed by atoms with Gasteiger partial charge in [-0.1, -0.05) is 18.2 Å². The molecule has 4 rings (SSSR count). The van der Waals surface area contributed by atoms with Gasteiger partial charge in [0.2, 0.25) is 11.8 Å². The third kappa shape index (κ3) is 2.44. The van der Waals surface area contributed by atoms with Gasteiger partial charge in [0.25, 0.3) is 0 Å². The van der Waals surface area contributed by atoms with Crippen LogP contribution in [0.25, 0.3) is 0 Å². The Kier molecular flexibility index (Phi) is 4.12. The van der Waals surface area contributed by atoms with Gasteiger partial charge in [0.1, 0.15) is 11.4 Å². The zero-order valence-electron chi connectivity index (χ0n) is 14.6. The van der Waals surface area contributed by atoms with Crippen LogP contribution in [-0.2, 0) is 19.1 Å². The average molecular weight is 388 g/mol. The van der Waals surface area contributed by atoms with Crippen molar-refractivity contribution < 1.29 is 23.5 Å². The van der Waals surface area contributed by atoms with Gasteiger partial charge in [-0.25, -0.2) is 9.29 Å². The third-order valence-corrected chi connectivity index (χ3v) is 6.30. The van der Waals surface area contributed by atoms with Gasteiger partial charge >= 0.3 is 5.97 Å². The van der Waals surface area contributed by atoms with Crippen LogP contribution in [0.2, 0.25) is 0 Å². The molecule has 1 aromatic heterocycles. The molecule has 2 amide bonds. The van der Waals surface area contributed by atoms with Crippen molar-refractivity contribution >= 4 is 34.8 Å². The molecule has 2 fully saturated rings. The largest absolute Gasteiger partial charge is 0.468 e. The topological polar surface area (TPSA) is 75.7 Å². The zero-order valence-corrected chi connectivity index (χ0v) is 15.5. The van der Waals surface area contributed by atoms with E-state index in [1.54, 1.807) is 13.0 Å². The van der Waals surface area contributed by atoms with Gasteiger partial charge in [-0.05, 0) is 30.5 Å². The van der Waals surface area contributed by atoms with Crippen LogP contribution in [0.1, 0.15) is 17.8 Å². The van der Waals surface area contributed by atoms with Crippen LogP contribution in [-0.4, -0.2) is 30.4 Å². The maximum atomic E-state index is 14.3. The Morgan fingerprint density at radius 2 is 1.96 bits per heavy atom. The lowest BCUT2D eigenvalue weighted by atomic mass is 9.81. The summed E-state index contributed by atoms with van der Waals surface area (Å²) >= 11 is 1.42. The third-order valence-electron chi connectivity index (χ3n) is 5.34. The van der Waals surface area contributed by atoms with Crippen LogP contribution in [0.15, 0.2) is 41.8 Å². The Hall–Kier alpha value is -2.58. The fourth-order valence-corrected chi connectivity index (χ4v) is 4.94. The molecule has 3 heterocycles. The number of rotatable bonds is 3. The summed E-state index contributed by atoms with van der Waals surface area (Å²) in [5.74, 6) is -4.22. The highest BCUT2D eigenvalue weighted by molar-refractivity contribution is 7.10. The number of amides is 2. The van der Waals surface area contributed by atoms with Crippen molar-refractivity contribution in [2.45, 2.75) is 18.5 Å². The second-order valence-corrected chi connectivity index (χ2v) is 7.78. The van der Waals surface area contributed by atoms with Crippen LogP contribution in [0.3, 0.4) is 0 Å². The number of methoxy groups -OCH3 is 1. The minimum absolute atomic E-state index is 0.0981. The molecule has 1 N–H and O–H groups in total. The van der Waals surface area contributed by atoms with E-state index >= 15 is 0 Å². The number of fused-ring (bicyclic) bond motifs is 1. The number of thiophene rings is 1. The molecule has 2 aliphatic rings. The van der Waals surface area contributed by atoms with Crippen LogP contribution in [0, 0.1) is 17.7 Å². The second kappa shape index (κ2) is 6.24. The van der Waals surface area contributed by atoms with Crippen molar-refractivity contribution in [2.24, 2.45) is 11.8 Å². The molecule has 27 heavy (non-hydrogen) atoms. The van der Waals surface area contributed by atoms with Crippen LogP contribution in [0.5, 0.6) is 0 Å². The summed E-state index contributed by atoms with van der Waals surface area (Å²) in [6.45, 7) is 1.56. The smallest absolute Gasteiger partial charge is 0.326 e. The normalized spacial score (nSPS) is 29.9. The first-order valence-corrected chi connectivity index (χ1v) is 9.30. The van der Waals surface area contributed by atoms with Crippen molar-refractivity contribution in [2.75, 3.05) is 12.0 Å². The Labute approximate surface area is 158 Å². The van der Waals surface area contributed by atoms with Gasteiger partial charge in [-0.15, -0.1) is 11.3 Å². The summed E-state index contributed by atoms with van der Waals surface area (Å²) in [4.78, 5) is 40.6. The van der Waals surface area contributed by atoms with E-state index in [1.165, 1.54) is 36.6 Å². The fraction of sp³-hybridized carbons (Fsp3) is 0.316.